The van der Waals surface area contributed by atoms with Gasteiger partial charge in [0.2, 0.25) is 0 Å². The van der Waals surface area contributed by atoms with Crippen LogP contribution in [0.1, 0.15) is 19.8 Å². The molecule has 0 fully saturated rings. The Morgan fingerprint density at radius 3 is 2.60 bits per heavy atom. The molecule has 78 valence electrons. The SMILES string of the molecule is CCCC(=[N+]=[N-])C(=O)Oc1ccccc1. The molecular formula is C11H12N2O2. The van der Waals surface area contributed by atoms with Gasteiger partial charge in [0.1, 0.15) is 5.75 Å². The van der Waals surface area contributed by atoms with Gasteiger partial charge in [-0.15, -0.1) is 0 Å². The molecule has 0 heterocycles. The van der Waals surface area contributed by atoms with E-state index in [1.807, 2.05) is 13.0 Å². The van der Waals surface area contributed by atoms with Crippen LogP contribution in [0.5, 0.6) is 5.75 Å². The van der Waals surface area contributed by atoms with Crippen LogP contribution in [0.15, 0.2) is 30.3 Å². The summed E-state index contributed by atoms with van der Waals surface area (Å²) in [6.07, 6.45) is 1.13. The number of para-hydroxylation sites is 1. The van der Waals surface area contributed by atoms with Crippen LogP contribution in [-0.2, 0) is 4.79 Å². The van der Waals surface area contributed by atoms with Crippen molar-refractivity contribution >= 4 is 11.7 Å². The van der Waals surface area contributed by atoms with Gasteiger partial charge in [-0.25, -0.2) is 4.79 Å². The van der Waals surface area contributed by atoms with Crippen molar-refractivity contribution in [3.63, 3.8) is 0 Å². The molecule has 0 bridgehead atoms. The molecule has 1 rings (SSSR count). The lowest BCUT2D eigenvalue weighted by atomic mass is 10.2. The largest absolute Gasteiger partial charge is 0.422 e. The van der Waals surface area contributed by atoms with Gasteiger partial charge in [-0.2, -0.15) is 4.79 Å². The topological polar surface area (TPSA) is 62.7 Å². The number of rotatable bonds is 4. The summed E-state index contributed by atoms with van der Waals surface area (Å²) in [5.74, 6) is -0.162. The maximum atomic E-state index is 11.4. The minimum absolute atomic E-state index is 0.0429. The summed E-state index contributed by atoms with van der Waals surface area (Å²) in [5.41, 5.74) is 8.64. The standard InChI is InChI=1S/C11H12N2O2/c1-2-6-10(13-12)11(14)15-9-7-4-3-5-8-9/h3-5,7-8H,2,6H2,1H3. The van der Waals surface area contributed by atoms with Crippen LogP contribution in [0.4, 0.5) is 0 Å². The number of hydrogen-bond donors (Lipinski definition) is 0. The summed E-state index contributed by atoms with van der Waals surface area (Å²) in [6, 6.07) is 8.68. The number of ether oxygens (including phenoxy) is 1. The van der Waals surface area contributed by atoms with E-state index in [1.54, 1.807) is 24.3 Å². The van der Waals surface area contributed by atoms with E-state index in [1.165, 1.54) is 0 Å². The lowest BCUT2D eigenvalue weighted by molar-refractivity contribution is -0.132. The summed E-state index contributed by atoms with van der Waals surface area (Å²) in [6.45, 7) is 1.89. The van der Waals surface area contributed by atoms with Crippen molar-refractivity contribution in [2.45, 2.75) is 19.8 Å². The Hall–Kier alpha value is -1.93. The lowest BCUT2D eigenvalue weighted by Crippen LogP contribution is -2.21. The number of carbonyl (C=O) groups is 1. The van der Waals surface area contributed by atoms with E-state index < -0.39 is 5.97 Å². The fraction of sp³-hybridized carbons (Fsp3) is 0.273. The van der Waals surface area contributed by atoms with Gasteiger partial charge < -0.3 is 10.3 Å². The zero-order valence-corrected chi connectivity index (χ0v) is 8.51. The molecule has 15 heavy (non-hydrogen) atoms. The lowest BCUT2D eigenvalue weighted by Gasteiger charge is -1.99. The minimum atomic E-state index is -0.606. The van der Waals surface area contributed by atoms with Gasteiger partial charge in [0, 0.05) is 0 Å². The summed E-state index contributed by atoms with van der Waals surface area (Å²) in [4.78, 5) is 14.3. The first-order valence-electron chi connectivity index (χ1n) is 4.76. The third-order valence-electron chi connectivity index (χ3n) is 1.80. The Labute approximate surface area is 88.1 Å². The molecule has 0 saturated heterocycles. The van der Waals surface area contributed by atoms with Crippen LogP contribution in [0, 0.1) is 0 Å². The van der Waals surface area contributed by atoms with Gasteiger partial charge in [0.05, 0.1) is 6.42 Å². The van der Waals surface area contributed by atoms with E-state index in [4.69, 9.17) is 10.3 Å². The van der Waals surface area contributed by atoms with Crippen LogP contribution < -0.4 is 4.74 Å². The molecule has 0 aromatic heterocycles. The molecule has 0 saturated carbocycles. The third-order valence-corrected chi connectivity index (χ3v) is 1.80. The zero-order valence-electron chi connectivity index (χ0n) is 8.51. The molecule has 1 aromatic carbocycles. The number of carbonyl (C=O) groups excluding carboxylic acids is 1. The number of esters is 1. The normalized spacial score (nSPS) is 9.13. The van der Waals surface area contributed by atoms with Gasteiger partial charge in [-0.1, -0.05) is 25.1 Å². The summed E-state index contributed by atoms with van der Waals surface area (Å²) < 4.78 is 4.99. The molecular weight excluding hydrogens is 192 g/mol. The van der Waals surface area contributed by atoms with Crippen LogP contribution in [-0.4, -0.2) is 16.5 Å². The molecule has 0 atom stereocenters. The second-order valence-electron chi connectivity index (χ2n) is 3.00. The van der Waals surface area contributed by atoms with E-state index in [0.29, 0.717) is 12.2 Å². The first-order chi connectivity index (χ1) is 7.27. The summed E-state index contributed by atoms with van der Waals surface area (Å²) in [5, 5.41) is 0. The molecule has 0 unspecified atom stereocenters. The van der Waals surface area contributed by atoms with Crippen molar-refractivity contribution in [2.75, 3.05) is 0 Å². The minimum Gasteiger partial charge on any atom is -0.418 e. The Morgan fingerprint density at radius 1 is 1.40 bits per heavy atom. The van der Waals surface area contributed by atoms with Crippen molar-refractivity contribution in [1.29, 1.82) is 0 Å². The summed E-state index contributed by atoms with van der Waals surface area (Å²) in [7, 11) is 0. The molecule has 0 aliphatic heterocycles. The number of nitrogens with zero attached hydrogens (tertiary/aromatic N) is 2. The smallest absolute Gasteiger partial charge is 0.418 e. The molecule has 0 radical (unpaired) electrons. The van der Waals surface area contributed by atoms with Crippen LogP contribution in [0.2, 0.25) is 0 Å². The maximum Gasteiger partial charge on any atom is 0.422 e. The number of hydrogen-bond acceptors (Lipinski definition) is 2. The van der Waals surface area contributed by atoms with Gasteiger partial charge in [0.25, 0.3) is 0 Å². The van der Waals surface area contributed by atoms with Gasteiger partial charge >= 0.3 is 11.7 Å². The molecule has 0 N–H and O–H groups in total. The fourth-order valence-corrected chi connectivity index (χ4v) is 1.08. The Morgan fingerprint density at radius 2 is 2.07 bits per heavy atom. The monoisotopic (exact) mass is 204 g/mol. The molecule has 4 heteroatoms. The predicted octanol–water partition coefficient (Wildman–Crippen LogP) is 2.06. The highest BCUT2D eigenvalue weighted by Gasteiger charge is 2.21. The first kappa shape index (κ1) is 11.1. The van der Waals surface area contributed by atoms with E-state index in [-0.39, 0.29) is 5.71 Å². The summed E-state index contributed by atoms with van der Waals surface area (Å²) >= 11 is 0. The van der Waals surface area contributed by atoms with Crippen molar-refractivity contribution in [3.8, 4) is 5.75 Å². The number of benzene rings is 1. The predicted molar refractivity (Wildman–Crippen MR) is 55.6 cm³/mol. The molecule has 4 nitrogen and oxygen atoms in total. The Bertz CT molecular complexity index is 381. The van der Waals surface area contributed by atoms with E-state index in [0.717, 1.165) is 6.42 Å². The van der Waals surface area contributed by atoms with Crippen LogP contribution >= 0.6 is 0 Å². The van der Waals surface area contributed by atoms with Crippen molar-refractivity contribution in [1.82, 2.24) is 0 Å². The second kappa shape index (κ2) is 5.73. The second-order valence-corrected chi connectivity index (χ2v) is 3.00. The Kier molecular flexibility index (Phi) is 4.26. The molecule has 0 amide bonds. The van der Waals surface area contributed by atoms with Gasteiger partial charge in [-0.05, 0) is 18.6 Å². The van der Waals surface area contributed by atoms with Crippen LogP contribution in [0.3, 0.4) is 0 Å². The average Bonchev–Trinajstić information content (AvgIpc) is 2.27. The third kappa shape index (κ3) is 3.37. The molecule has 1 aromatic rings. The van der Waals surface area contributed by atoms with Gasteiger partial charge in [-0.3, -0.25) is 0 Å². The fourth-order valence-electron chi connectivity index (χ4n) is 1.08. The van der Waals surface area contributed by atoms with E-state index >= 15 is 0 Å². The molecule has 0 spiro atoms. The average molecular weight is 204 g/mol. The van der Waals surface area contributed by atoms with E-state index in [9.17, 15) is 4.79 Å². The highest BCUT2D eigenvalue weighted by Crippen LogP contribution is 2.09. The molecule has 0 aliphatic carbocycles. The first-order valence-corrected chi connectivity index (χ1v) is 4.76. The highest BCUT2D eigenvalue weighted by molar-refractivity contribution is 6.34. The van der Waals surface area contributed by atoms with Crippen LogP contribution in [0.25, 0.3) is 5.53 Å². The maximum absolute atomic E-state index is 11.4. The van der Waals surface area contributed by atoms with Crippen molar-refractivity contribution < 1.29 is 14.3 Å². The zero-order chi connectivity index (χ0) is 11.1. The quantitative estimate of drug-likeness (QED) is 0.248. The molecule has 0 aliphatic rings. The van der Waals surface area contributed by atoms with Crippen molar-refractivity contribution in [2.24, 2.45) is 0 Å². The van der Waals surface area contributed by atoms with E-state index in [2.05, 4.69) is 4.79 Å². The highest BCUT2D eigenvalue weighted by atomic mass is 16.5. The van der Waals surface area contributed by atoms with Gasteiger partial charge in [0.15, 0.2) is 0 Å². The van der Waals surface area contributed by atoms with Crippen molar-refractivity contribution in [3.05, 3.63) is 35.9 Å². The Balaban J connectivity index is 2.67.